The minimum Gasteiger partial charge on any atom is -0.493 e. The lowest BCUT2D eigenvalue weighted by molar-refractivity contribution is -0.122. The summed E-state index contributed by atoms with van der Waals surface area (Å²) in [4.78, 5) is 24.6. The molecule has 0 spiro atoms. The highest BCUT2D eigenvalue weighted by atomic mass is 35.5. The first kappa shape index (κ1) is 23.4. The Morgan fingerprint density at radius 1 is 1.09 bits per heavy atom. The highest BCUT2D eigenvalue weighted by Crippen LogP contribution is 2.36. The first-order valence-corrected chi connectivity index (χ1v) is 10.9. The summed E-state index contributed by atoms with van der Waals surface area (Å²) in [5.41, 5.74) is 0.192. The van der Waals surface area contributed by atoms with Crippen molar-refractivity contribution in [1.82, 2.24) is 10.6 Å². The van der Waals surface area contributed by atoms with Gasteiger partial charge in [0.05, 0.1) is 18.2 Å². The van der Waals surface area contributed by atoms with Gasteiger partial charge in [-0.1, -0.05) is 31.4 Å². The predicted molar refractivity (Wildman–Crippen MR) is 121 cm³/mol. The fourth-order valence-electron chi connectivity index (χ4n) is 3.87. The van der Waals surface area contributed by atoms with Gasteiger partial charge in [-0.2, -0.15) is 5.26 Å². The quantitative estimate of drug-likeness (QED) is 0.612. The van der Waals surface area contributed by atoms with Crippen LogP contribution in [0.25, 0.3) is 0 Å². The van der Waals surface area contributed by atoms with Crippen LogP contribution >= 0.6 is 11.6 Å². The minimum absolute atomic E-state index is 0.0608. The van der Waals surface area contributed by atoms with Gasteiger partial charge >= 0.3 is 6.09 Å². The number of nitriles is 1. The van der Waals surface area contributed by atoms with Gasteiger partial charge in [-0.15, -0.1) is 0 Å². The van der Waals surface area contributed by atoms with Crippen molar-refractivity contribution in [2.24, 2.45) is 5.92 Å². The molecule has 0 radical (unpaired) electrons. The summed E-state index contributed by atoms with van der Waals surface area (Å²) in [7, 11) is 0. The molecule has 0 heterocycles. The summed E-state index contributed by atoms with van der Waals surface area (Å²) >= 11 is 5.81. The zero-order valence-electron chi connectivity index (χ0n) is 17.9. The van der Waals surface area contributed by atoms with Crippen LogP contribution in [0, 0.1) is 17.2 Å². The Hall–Kier alpha value is -3.24. The van der Waals surface area contributed by atoms with Crippen LogP contribution in [-0.2, 0) is 4.79 Å². The molecule has 3 rings (SSSR count). The maximum Gasteiger partial charge on any atom is 0.413 e. The minimum atomic E-state index is -0.708. The molecule has 7 nitrogen and oxygen atoms in total. The average molecular weight is 456 g/mol. The van der Waals surface area contributed by atoms with E-state index in [2.05, 4.69) is 23.6 Å². The van der Waals surface area contributed by atoms with Gasteiger partial charge < -0.3 is 20.1 Å². The molecule has 1 saturated carbocycles. The van der Waals surface area contributed by atoms with Gasteiger partial charge in [-0.05, 0) is 61.4 Å². The molecule has 1 fully saturated rings. The number of carbonyl (C=O) groups is 2. The SMILES string of the molecule is CC(COc1ccc(C#N)cc1)C1(NC(=O)CNC(=O)Oc2ccc(Cl)cc2)CCCC1. The molecular formula is C24H26ClN3O4. The van der Waals surface area contributed by atoms with Gasteiger partial charge in [-0.3, -0.25) is 4.79 Å². The van der Waals surface area contributed by atoms with Crippen LogP contribution < -0.4 is 20.1 Å². The van der Waals surface area contributed by atoms with E-state index in [4.69, 9.17) is 26.3 Å². The Kier molecular flexibility index (Phi) is 7.96. The summed E-state index contributed by atoms with van der Waals surface area (Å²) in [6.45, 7) is 2.30. The van der Waals surface area contributed by atoms with Gasteiger partial charge in [0.2, 0.25) is 5.91 Å². The third-order valence-electron chi connectivity index (χ3n) is 5.73. The lowest BCUT2D eigenvalue weighted by Crippen LogP contribution is -2.55. The normalized spacial score (nSPS) is 15.3. The van der Waals surface area contributed by atoms with Crippen LogP contribution in [0.3, 0.4) is 0 Å². The summed E-state index contributed by atoms with van der Waals surface area (Å²) in [5, 5.41) is 15.0. The van der Waals surface area contributed by atoms with Crippen LogP contribution in [0.1, 0.15) is 38.2 Å². The van der Waals surface area contributed by atoms with Crippen LogP contribution in [0.5, 0.6) is 11.5 Å². The van der Waals surface area contributed by atoms with Crippen molar-refractivity contribution < 1.29 is 19.1 Å². The molecule has 2 amide bonds. The van der Waals surface area contributed by atoms with Crippen LogP contribution in [0.2, 0.25) is 5.02 Å². The summed E-state index contributed by atoms with van der Waals surface area (Å²) < 4.78 is 11.0. The fourth-order valence-corrected chi connectivity index (χ4v) is 4.00. The summed E-state index contributed by atoms with van der Waals surface area (Å²) in [6, 6.07) is 15.4. The number of carbonyl (C=O) groups excluding carboxylic acids is 2. The number of amides is 2. The van der Waals surface area contributed by atoms with Gasteiger partial charge in [-0.25, -0.2) is 4.79 Å². The Balaban J connectivity index is 1.50. The predicted octanol–water partition coefficient (Wildman–Crippen LogP) is 4.44. The van der Waals surface area contributed by atoms with Crippen LogP contribution in [-0.4, -0.2) is 30.7 Å². The Morgan fingerprint density at radius 2 is 1.72 bits per heavy atom. The van der Waals surface area contributed by atoms with E-state index in [1.165, 1.54) is 0 Å². The maximum absolute atomic E-state index is 12.6. The summed E-state index contributed by atoms with van der Waals surface area (Å²) in [5.74, 6) is 0.811. The first-order chi connectivity index (χ1) is 15.4. The zero-order valence-corrected chi connectivity index (χ0v) is 18.7. The lowest BCUT2D eigenvalue weighted by Gasteiger charge is -2.36. The second-order valence-corrected chi connectivity index (χ2v) is 8.39. The number of hydrogen-bond acceptors (Lipinski definition) is 5. The molecule has 0 aliphatic heterocycles. The Bertz CT molecular complexity index is 964. The molecule has 1 aliphatic carbocycles. The number of halogens is 1. The van der Waals surface area contributed by atoms with E-state index in [1.54, 1.807) is 48.5 Å². The van der Waals surface area contributed by atoms with E-state index in [0.717, 1.165) is 25.7 Å². The largest absolute Gasteiger partial charge is 0.493 e. The third-order valence-corrected chi connectivity index (χ3v) is 5.98. The van der Waals surface area contributed by atoms with Crippen LogP contribution in [0.15, 0.2) is 48.5 Å². The molecule has 2 N–H and O–H groups in total. The molecule has 8 heteroatoms. The highest BCUT2D eigenvalue weighted by molar-refractivity contribution is 6.30. The fraction of sp³-hybridized carbons (Fsp3) is 0.375. The number of rotatable bonds is 8. The van der Waals surface area contributed by atoms with E-state index < -0.39 is 6.09 Å². The van der Waals surface area contributed by atoms with Crippen molar-refractivity contribution in [3.05, 3.63) is 59.1 Å². The number of nitrogens with zero attached hydrogens (tertiary/aromatic N) is 1. The standard InChI is InChI=1S/C24H26ClN3O4/c1-17(16-31-20-8-4-18(14-26)5-9-20)24(12-2-3-13-24)28-22(29)15-27-23(30)32-21-10-6-19(25)7-11-21/h4-11,17H,2-3,12-13,15-16H2,1H3,(H,27,30)(H,28,29). The molecule has 1 unspecified atom stereocenters. The summed E-state index contributed by atoms with van der Waals surface area (Å²) in [6.07, 6.45) is 3.04. The molecule has 32 heavy (non-hydrogen) atoms. The molecule has 1 atom stereocenters. The molecule has 0 saturated heterocycles. The number of nitrogens with one attached hydrogen (secondary N) is 2. The Labute approximate surface area is 192 Å². The van der Waals surface area contributed by atoms with Gasteiger partial charge in [0, 0.05) is 16.5 Å². The lowest BCUT2D eigenvalue weighted by atomic mass is 9.83. The van der Waals surface area contributed by atoms with E-state index in [1.807, 2.05) is 0 Å². The van der Waals surface area contributed by atoms with E-state index in [-0.39, 0.29) is 23.9 Å². The molecule has 2 aromatic rings. The molecule has 2 aromatic carbocycles. The zero-order chi connectivity index (χ0) is 23.0. The van der Waals surface area contributed by atoms with Crippen molar-refractivity contribution >= 4 is 23.6 Å². The number of ether oxygens (including phenoxy) is 2. The Morgan fingerprint density at radius 3 is 2.34 bits per heavy atom. The van der Waals surface area contributed by atoms with Crippen LogP contribution in [0.4, 0.5) is 4.79 Å². The van der Waals surface area contributed by atoms with Crippen molar-refractivity contribution in [1.29, 1.82) is 5.26 Å². The van der Waals surface area contributed by atoms with Crippen molar-refractivity contribution in [2.45, 2.75) is 38.1 Å². The number of hydrogen-bond donors (Lipinski definition) is 2. The van der Waals surface area contributed by atoms with Gasteiger partial charge in [0.25, 0.3) is 0 Å². The van der Waals surface area contributed by atoms with Crippen molar-refractivity contribution in [2.75, 3.05) is 13.2 Å². The van der Waals surface area contributed by atoms with Crippen molar-refractivity contribution in [3.63, 3.8) is 0 Å². The maximum atomic E-state index is 12.6. The second-order valence-electron chi connectivity index (χ2n) is 7.96. The monoisotopic (exact) mass is 455 g/mol. The molecule has 1 aliphatic rings. The van der Waals surface area contributed by atoms with Gasteiger partial charge in [0.1, 0.15) is 18.0 Å². The molecule has 168 valence electrons. The molecule has 0 bridgehead atoms. The highest BCUT2D eigenvalue weighted by Gasteiger charge is 2.40. The third kappa shape index (κ3) is 6.38. The van der Waals surface area contributed by atoms with Gasteiger partial charge in [0.15, 0.2) is 0 Å². The average Bonchev–Trinajstić information content (AvgIpc) is 3.27. The second kappa shape index (κ2) is 10.9. The van der Waals surface area contributed by atoms with E-state index >= 15 is 0 Å². The number of benzene rings is 2. The smallest absolute Gasteiger partial charge is 0.413 e. The topological polar surface area (TPSA) is 100 Å². The molecule has 0 aromatic heterocycles. The first-order valence-electron chi connectivity index (χ1n) is 10.6. The van der Waals surface area contributed by atoms with E-state index in [0.29, 0.717) is 28.7 Å². The van der Waals surface area contributed by atoms with Crippen molar-refractivity contribution in [3.8, 4) is 17.6 Å². The van der Waals surface area contributed by atoms with E-state index in [9.17, 15) is 9.59 Å². The molecular weight excluding hydrogens is 430 g/mol.